The fourth-order valence-corrected chi connectivity index (χ4v) is 2.40. The van der Waals surface area contributed by atoms with E-state index in [1.165, 1.54) is 18.4 Å². The van der Waals surface area contributed by atoms with Gasteiger partial charge in [0.2, 0.25) is 0 Å². The van der Waals surface area contributed by atoms with Crippen molar-refractivity contribution in [2.24, 2.45) is 0 Å². The van der Waals surface area contributed by atoms with Crippen LogP contribution in [0, 0.1) is 0 Å². The van der Waals surface area contributed by atoms with Gasteiger partial charge in [-0.05, 0) is 25.9 Å². The summed E-state index contributed by atoms with van der Waals surface area (Å²) in [5, 5.41) is 3.39. The molecule has 0 aliphatic carbocycles. The van der Waals surface area contributed by atoms with Gasteiger partial charge in [0.15, 0.2) is 0 Å². The molecule has 3 nitrogen and oxygen atoms in total. The summed E-state index contributed by atoms with van der Waals surface area (Å²) in [6, 6.07) is 11.0. The molecule has 3 rings (SSSR count). The van der Waals surface area contributed by atoms with E-state index in [2.05, 4.69) is 45.3 Å². The van der Waals surface area contributed by atoms with E-state index < -0.39 is 0 Å². The minimum absolute atomic E-state index is 0. The van der Waals surface area contributed by atoms with Crippen LogP contribution in [0.3, 0.4) is 0 Å². The predicted molar refractivity (Wildman–Crippen MR) is 75.5 cm³/mol. The summed E-state index contributed by atoms with van der Waals surface area (Å²) in [6.07, 6.45) is 6.54. The third-order valence-corrected chi connectivity index (χ3v) is 3.40. The van der Waals surface area contributed by atoms with Crippen molar-refractivity contribution in [1.29, 1.82) is 0 Å². The molecule has 96 valence electrons. The zero-order valence-electron chi connectivity index (χ0n) is 9.84. The van der Waals surface area contributed by atoms with Gasteiger partial charge in [-0.2, -0.15) is 0 Å². The zero-order valence-corrected chi connectivity index (χ0v) is 9.84. The monoisotopic (exact) mass is 243 g/mol. The molecule has 0 spiro atoms. The molecule has 1 aromatic heterocycles. The van der Waals surface area contributed by atoms with Crippen LogP contribution in [0.15, 0.2) is 42.9 Å². The molecule has 3 heteroatoms. The lowest BCUT2D eigenvalue weighted by molar-refractivity contribution is 0.368. The van der Waals surface area contributed by atoms with Crippen LogP contribution in [-0.2, 0) is 0 Å². The van der Waals surface area contributed by atoms with E-state index in [0.717, 1.165) is 18.8 Å². The first-order valence-electron chi connectivity index (χ1n) is 6.23. The van der Waals surface area contributed by atoms with Crippen molar-refractivity contribution >= 4 is 0 Å². The highest BCUT2D eigenvalue weighted by Crippen LogP contribution is 2.22. The summed E-state index contributed by atoms with van der Waals surface area (Å²) in [5.74, 6) is 0. The van der Waals surface area contributed by atoms with Crippen molar-refractivity contribution in [3.63, 3.8) is 0 Å². The smallest absolute Gasteiger partial charge is 0.0956 e. The Hall–Kier alpha value is -1.61. The molecule has 1 saturated heterocycles. The maximum absolute atomic E-state index is 4.50. The molecule has 18 heavy (non-hydrogen) atoms. The van der Waals surface area contributed by atoms with E-state index in [-0.39, 0.29) is 7.43 Å². The van der Waals surface area contributed by atoms with Crippen LogP contribution >= 0.6 is 0 Å². The van der Waals surface area contributed by atoms with Gasteiger partial charge in [-0.25, -0.2) is 4.98 Å². The van der Waals surface area contributed by atoms with Gasteiger partial charge < -0.3 is 9.88 Å². The van der Waals surface area contributed by atoms with E-state index >= 15 is 0 Å². The molecule has 1 aliphatic rings. The fourth-order valence-electron chi connectivity index (χ4n) is 2.40. The molecule has 2 heterocycles. The first-order chi connectivity index (χ1) is 8.43. The number of nitrogens with zero attached hydrogens (tertiary/aromatic N) is 2. The second kappa shape index (κ2) is 5.83. The Bertz CT molecular complexity index is 469. The second-order valence-corrected chi connectivity index (χ2v) is 4.55. The molecule has 2 aromatic rings. The number of aromatic nitrogens is 2. The Morgan fingerprint density at radius 2 is 1.83 bits per heavy atom. The van der Waals surface area contributed by atoms with Gasteiger partial charge >= 0.3 is 0 Å². The summed E-state index contributed by atoms with van der Waals surface area (Å²) in [7, 11) is 0. The molecule has 0 radical (unpaired) electrons. The number of piperidine rings is 1. The van der Waals surface area contributed by atoms with Crippen LogP contribution in [0.25, 0.3) is 11.3 Å². The van der Waals surface area contributed by atoms with Crippen LogP contribution < -0.4 is 5.32 Å². The highest BCUT2D eigenvalue weighted by molar-refractivity contribution is 5.57. The minimum Gasteiger partial charge on any atom is -0.334 e. The van der Waals surface area contributed by atoms with E-state index in [1.54, 1.807) is 0 Å². The Morgan fingerprint density at radius 1 is 1.11 bits per heavy atom. The maximum atomic E-state index is 4.50. The average molecular weight is 243 g/mol. The highest BCUT2D eigenvalue weighted by atomic mass is 15.1. The van der Waals surface area contributed by atoms with Gasteiger partial charge in [-0.15, -0.1) is 0 Å². The largest absolute Gasteiger partial charge is 0.334 e. The normalized spacial score (nSPS) is 16.2. The molecule has 0 bridgehead atoms. The topological polar surface area (TPSA) is 29.9 Å². The minimum atomic E-state index is 0. The van der Waals surface area contributed by atoms with Crippen molar-refractivity contribution in [1.82, 2.24) is 14.9 Å². The average Bonchev–Trinajstić information content (AvgIpc) is 2.90. The molecule has 0 saturated carbocycles. The second-order valence-electron chi connectivity index (χ2n) is 4.55. The molecule has 0 atom stereocenters. The summed E-state index contributed by atoms with van der Waals surface area (Å²) in [6.45, 7) is 2.23. The Morgan fingerprint density at radius 3 is 2.56 bits per heavy atom. The van der Waals surface area contributed by atoms with E-state index in [9.17, 15) is 0 Å². The molecule has 0 amide bonds. The van der Waals surface area contributed by atoms with Crippen LogP contribution in [-0.4, -0.2) is 22.6 Å². The van der Waals surface area contributed by atoms with Gasteiger partial charge in [0.1, 0.15) is 0 Å². The first kappa shape index (κ1) is 12.8. The van der Waals surface area contributed by atoms with Crippen LogP contribution in [0.5, 0.6) is 0 Å². The lowest BCUT2D eigenvalue weighted by Gasteiger charge is -2.23. The number of rotatable bonds is 2. The molecule has 1 fully saturated rings. The SMILES string of the molecule is C.c1ccc(-c2cn(C3CCNCC3)cn2)cc1. The molecule has 1 aliphatic heterocycles. The van der Waals surface area contributed by atoms with Crippen molar-refractivity contribution in [2.75, 3.05) is 13.1 Å². The zero-order chi connectivity index (χ0) is 11.5. The van der Waals surface area contributed by atoms with E-state index in [0.29, 0.717) is 6.04 Å². The third kappa shape index (κ3) is 2.62. The number of nitrogens with one attached hydrogen (secondary N) is 1. The first-order valence-corrected chi connectivity index (χ1v) is 6.23. The molecule has 1 aromatic carbocycles. The van der Waals surface area contributed by atoms with Gasteiger partial charge in [0, 0.05) is 17.8 Å². The number of hydrogen-bond acceptors (Lipinski definition) is 2. The standard InChI is InChI=1S/C14H17N3.CH4/c1-2-4-12(5-3-1)14-10-17(11-16-14)13-6-8-15-9-7-13;/h1-5,10-11,13,15H,6-9H2;1H4. The lowest BCUT2D eigenvalue weighted by atomic mass is 10.1. The fraction of sp³-hybridized carbons (Fsp3) is 0.400. The maximum Gasteiger partial charge on any atom is 0.0956 e. The van der Waals surface area contributed by atoms with Gasteiger partial charge in [-0.1, -0.05) is 37.8 Å². The predicted octanol–water partition coefficient (Wildman–Crippen LogP) is 3.11. The molecule has 1 N–H and O–H groups in total. The van der Waals surface area contributed by atoms with Gasteiger partial charge in [0.05, 0.1) is 12.0 Å². The Balaban J connectivity index is 0.00000120. The van der Waals surface area contributed by atoms with Crippen molar-refractivity contribution in [2.45, 2.75) is 26.3 Å². The van der Waals surface area contributed by atoms with Crippen LogP contribution in [0.4, 0.5) is 0 Å². The molecule has 0 unspecified atom stereocenters. The number of imidazole rings is 1. The van der Waals surface area contributed by atoms with E-state index in [4.69, 9.17) is 0 Å². The number of benzene rings is 1. The molecular weight excluding hydrogens is 222 g/mol. The van der Waals surface area contributed by atoms with Gasteiger partial charge in [0.25, 0.3) is 0 Å². The highest BCUT2D eigenvalue weighted by Gasteiger charge is 2.15. The third-order valence-electron chi connectivity index (χ3n) is 3.40. The lowest BCUT2D eigenvalue weighted by Crippen LogP contribution is -2.28. The molecular formula is C15H21N3. The summed E-state index contributed by atoms with van der Waals surface area (Å²) >= 11 is 0. The van der Waals surface area contributed by atoms with Gasteiger partial charge in [-0.3, -0.25) is 0 Å². The van der Waals surface area contributed by atoms with E-state index in [1.807, 2.05) is 12.4 Å². The Labute approximate surface area is 109 Å². The quantitative estimate of drug-likeness (QED) is 0.878. The van der Waals surface area contributed by atoms with Crippen molar-refractivity contribution in [3.8, 4) is 11.3 Å². The summed E-state index contributed by atoms with van der Waals surface area (Å²) in [4.78, 5) is 4.50. The summed E-state index contributed by atoms with van der Waals surface area (Å²) in [5.41, 5.74) is 2.27. The van der Waals surface area contributed by atoms with Crippen molar-refractivity contribution in [3.05, 3.63) is 42.9 Å². The van der Waals surface area contributed by atoms with Crippen molar-refractivity contribution < 1.29 is 0 Å². The van der Waals surface area contributed by atoms with Crippen LogP contribution in [0.1, 0.15) is 26.3 Å². The van der Waals surface area contributed by atoms with Crippen LogP contribution in [0.2, 0.25) is 0 Å². The Kier molecular flexibility index (Phi) is 4.15. The summed E-state index contributed by atoms with van der Waals surface area (Å²) < 4.78 is 2.27. The number of hydrogen-bond donors (Lipinski definition) is 1.